The van der Waals surface area contributed by atoms with Crippen LogP contribution >= 0.6 is 11.8 Å². The van der Waals surface area contributed by atoms with E-state index in [-0.39, 0.29) is 22.3 Å². The van der Waals surface area contributed by atoms with E-state index in [0.29, 0.717) is 0 Å². The van der Waals surface area contributed by atoms with Gasteiger partial charge in [-0.2, -0.15) is 11.8 Å². The molecule has 1 aromatic carbocycles. The molecule has 0 aliphatic heterocycles. The first-order valence-electron chi connectivity index (χ1n) is 6.59. The normalized spacial score (nSPS) is 12.9. The highest BCUT2D eigenvalue weighted by molar-refractivity contribution is 7.99. The third kappa shape index (κ3) is 5.20. The molecule has 0 saturated heterocycles. The van der Waals surface area contributed by atoms with E-state index >= 15 is 0 Å². The number of sulfone groups is 1. The van der Waals surface area contributed by atoms with Gasteiger partial charge in [0.1, 0.15) is 10.6 Å². The molecule has 6 nitrogen and oxygen atoms in total. The standard InChI is InChI=1S/C13H20N2O4S2/c1-4-20-9-8-10(2)14-11-6-5-7-12(21(3,18)19)13(11)15(16)17/h5-7,10,14H,4,8-9H2,1-3H3. The fourth-order valence-corrected chi connectivity index (χ4v) is 3.54. The molecule has 1 unspecified atom stereocenters. The Morgan fingerprint density at radius 1 is 1.43 bits per heavy atom. The molecule has 0 aliphatic carbocycles. The van der Waals surface area contributed by atoms with Crippen LogP contribution in [0.25, 0.3) is 0 Å². The van der Waals surface area contributed by atoms with Crippen molar-refractivity contribution in [2.75, 3.05) is 23.1 Å². The minimum absolute atomic E-state index is 0.0255. The van der Waals surface area contributed by atoms with Crippen LogP contribution in [0.15, 0.2) is 23.1 Å². The first-order chi connectivity index (χ1) is 9.77. The number of hydrogen-bond donors (Lipinski definition) is 1. The molecule has 0 heterocycles. The van der Waals surface area contributed by atoms with Gasteiger partial charge >= 0.3 is 5.69 Å². The third-order valence-electron chi connectivity index (χ3n) is 2.88. The highest BCUT2D eigenvalue weighted by Crippen LogP contribution is 2.32. The molecule has 118 valence electrons. The van der Waals surface area contributed by atoms with Crippen LogP contribution in [0.4, 0.5) is 11.4 Å². The van der Waals surface area contributed by atoms with E-state index in [1.807, 2.05) is 6.92 Å². The molecule has 0 amide bonds. The van der Waals surface area contributed by atoms with Crippen LogP contribution in [-0.4, -0.2) is 37.1 Å². The molecule has 1 atom stereocenters. The maximum atomic E-state index is 11.7. The van der Waals surface area contributed by atoms with Crippen LogP contribution < -0.4 is 5.32 Å². The van der Waals surface area contributed by atoms with E-state index in [4.69, 9.17) is 0 Å². The lowest BCUT2D eigenvalue weighted by molar-refractivity contribution is -0.386. The zero-order valence-corrected chi connectivity index (χ0v) is 14.0. The molecule has 0 spiro atoms. The van der Waals surface area contributed by atoms with E-state index in [9.17, 15) is 18.5 Å². The second-order valence-corrected chi connectivity index (χ2v) is 8.09. The maximum Gasteiger partial charge on any atom is 0.310 e. The highest BCUT2D eigenvalue weighted by atomic mass is 32.2. The smallest absolute Gasteiger partial charge is 0.310 e. The van der Waals surface area contributed by atoms with Crippen molar-refractivity contribution in [1.82, 2.24) is 0 Å². The van der Waals surface area contributed by atoms with E-state index in [0.717, 1.165) is 24.2 Å². The number of rotatable bonds is 8. The Morgan fingerprint density at radius 3 is 2.62 bits per heavy atom. The summed E-state index contributed by atoms with van der Waals surface area (Å²) >= 11 is 1.80. The lowest BCUT2D eigenvalue weighted by Gasteiger charge is -2.15. The average molecular weight is 332 g/mol. The van der Waals surface area contributed by atoms with Gasteiger partial charge in [-0.1, -0.05) is 13.0 Å². The van der Waals surface area contributed by atoms with Gasteiger partial charge < -0.3 is 5.32 Å². The molecule has 8 heteroatoms. The molecule has 0 fully saturated rings. The summed E-state index contributed by atoms with van der Waals surface area (Å²) in [6.45, 7) is 4.00. The van der Waals surface area contributed by atoms with Crippen LogP contribution in [0.5, 0.6) is 0 Å². The summed E-state index contributed by atoms with van der Waals surface area (Å²) in [5, 5.41) is 14.3. The molecule has 1 aromatic rings. The van der Waals surface area contributed by atoms with Gasteiger partial charge in [-0.15, -0.1) is 0 Å². The van der Waals surface area contributed by atoms with Crippen LogP contribution in [-0.2, 0) is 9.84 Å². The number of hydrogen-bond acceptors (Lipinski definition) is 6. The molecular weight excluding hydrogens is 312 g/mol. The van der Waals surface area contributed by atoms with Crippen molar-refractivity contribution in [2.45, 2.75) is 31.2 Å². The first-order valence-corrected chi connectivity index (χ1v) is 9.63. The predicted octanol–water partition coefficient (Wildman–Crippen LogP) is 2.94. The van der Waals surface area contributed by atoms with Gasteiger partial charge in [0, 0.05) is 12.3 Å². The summed E-state index contributed by atoms with van der Waals surface area (Å²) in [6, 6.07) is 4.34. The number of para-hydroxylation sites is 1. The van der Waals surface area contributed by atoms with Crippen molar-refractivity contribution in [3.05, 3.63) is 28.3 Å². The lowest BCUT2D eigenvalue weighted by Crippen LogP contribution is -2.17. The van der Waals surface area contributed by atoms with Crippen LogP contribution in [0.1, 0.15) is 20.3 Å². The van der Waals surface area contributed by atoms with Gasteiger partial charge in [0.2, 0.25) is 0 Å². The second-order valence-electron chi connectivity index (χ2n) is 4.71. The number of thioether (sulfide) groups is 1. The largest absolute Gasteiger partial charge is 0.377 e. The van der Waals surface area contributed by atoms with E-state index < -0.39 is 14.8 Å². The Kier molecular flexibility index (Phi) is 6.47. The minimum atomic E-state index is -3.64. The quantitative estimate of drug-likeness (QED) is 0.447. The van der Waals surface area contributed by atoms with Gasteiger partial charge in [-0.25, -0.2) is 8.42 Å². The SMILES string of the molecule is CCSCCC(C)Nc1cccc(S(C)(=O)=O)c1[N+](=O)[O-]. The molecule has 0 aliphatic rings. The van der Waals surface area contributed by atoms with E-state index in [1.54, 1.807) is 11.8 Å². The van der Waals surface area contributed by atoms with Crippen molar-refractivity contribution >= 4 is 33.0 Å². The molecule has 1 rings (SSSR count). The Bertz CT molecular complexity index is 602. The summed E-state index contributed by atoms with van der Waals surface area (Å²) in [5.74, 6) is 1.97. The Labute approximate surface area is 129 Å². The fraction of sp³-hybridized carbons (Fsp3) is 0.538. The Morgan fingerprint density at radius 2 is 2.10 bits per heavy atom. The summed E-state index contributed by atoms with van der Waals surface area (Å²) in [4.78, 5) is 10.3. The van der Waals surface area contributed by atoms with Gasteiger partial charge in [-0.3, -0.25) is 10.1 Å². The molecule has 0 bridgehead atoms. The van der Waals surface area contributed by atoms with E-state index in [1.165, 1.54) is 18.2 Å². The summed E-state index contributed by atoms with van der Waals surface area (Å²) in [6.07, 6.45) is 1.82. The van der Waals surface area contributed by atoms with Crippen molar-refractivity contribution in [3.8, 4) is 0 Å². The number of nitro benzene ring substituents is 1. The van der Waals surface area contributed by atoms with Crippen LogP contribution in [0.2, 0.25) is 0 Å². The molecule has 0 radical (unpaired) electrons. The number of nitrogens with zero attached hydrogens (tertiary/aromatic N) is 1. The number of nitrogens with one attached hydrogen (secondary N) is 1. The van der Waals surface area contributed by atoms with Crippen molar-refractivity contribution in [3.63, 3.8) is 0 Å². The molecule has 21 heavy (non-hydrogen) atoms. The minimum Gasteiger partial charge on any atom is -0.377 e. The van der Waals surface area contributed by atoms with Crippen molar-refractivity contribution in [1.29, 1.82) is 0 Å². The number of anilines is 1. The van der Waals surface area contributed by atoms with Crippen molar-refractivity contribution < 1.29 is 13.3 Å². The summed E-state index contributed by atoms with van der Waals surface area (Å²) < 4.78 is 23.3. The summed E-state index contributed by atoms with van der Waals surface area (Å²) in [5.41, 5.74) is -0.132. The highest BCUT2D eigenvalue weighted by Gasteiger charge is 2.26. The Hall–Kier alpha value is -1.28. The molecular formula is C13H20N2O4S2. The van der Waals surface area contributed by atoms with Gasteiger partial charge in [-0.05, 0) is 37.0 Å². The third-order valence-corrected chi connectivity index (χ3v) is 4.94. The zero-order valence-electron chi connectivity index (χ0n) is 12.3. The van der Waals surface area contributed by atoms with Gasteiger partial charge in [0.05, 0.1) is 4.92 Å². The Balaban J connectivity index is 3.05. The number of nitro groups is 1. The molecule has 0 saturated carbocycles. The fourth-order valence-electron chi connectivity index (χ4n) is 1.87. The lowest BCUT2D eigenvalue weighted by atomic mass is 10.2. The van der Waals surface area contributed by atoms with Crippen LogP contribution in [0, 0.1) is 10.1 Å². The monoisotopic (exact) mass is 332 g/mol. The molecule has 1 N–H and O–H groups in total. The first kappa shape index (κ1) is 17.8. The predicted molar refractivity (Wildman–Crippen MR) is 86.9 cm³/mol. The van der Waals surface area contributed by atoms with Gasteiger partial charge in [0.15, 0.2) is 9.84 Å². The van der Waals surface area contributed by atoms with Crippen LogP contribution in [0.3, 0.4) is 0 Å². The second kappa shape index (κ2) is 7.65. The van der Waals surface area contributed by atoms with E-state index in [2.05, 4.69) is 12.2 Å². The average Bonchev–Trinajstić information content (AvgIpc) is 2.37. The molecule has 0 aromatic heterocycles. The van der Waals surface area contributed by atoms with Gasteiger partial charge in [0.25, 0.3) is 0 Å². The number of benzene rings is 1. The topological polar surface area (TPSA) is 89.3 Å². The zero-order chi connectivity index (χ0) is 16.0. The van der Waals surface area contributed by atoms with Crippen molar-refractivity contribution in [2.24, 2.45) is 0 Å². The maximum absolute atomic E-state index is 11.7. The summed E-state index contributed by atoms with van der Waals surface area (Å²) in [7, 11) is -3.64.